The summed E-state index contributed by atoms with van der Waals surface area (Å²) in [5, 5.41) is 0. The van der Waals surface area contributed by atoms with Gasteiger partial charge in [-0.05, 0) is 62.8 Å². The van der Waals surface area contributed by atoms with E-state index in [1.165, 1.54) is 0 Å². The number of nitrogens with zero attached hydrogens (tertiary/aromatic N) is 2. The number of benzene rings is 2. The molecule has 2 aliphatic rings. The molecule has 0 saturated heterocycles. The maximum atomic E-state index is 13.8. The van der Waals surface area contributed by atoms with E-state index in [0.29, 0.717) is 35.7 Å². The highest BCUT2D eigenvalue weighted by Gasteiger charge is 2.39. The number of aryl methyl sites for hydroxylation is 1. The van der Waals surface area contributed by atoms with Crippen LogP contribution in [0.25, 0.3) is 0 Å². The van der Waals surface area contributed by atoms with Gasteiger partial charge in [-0.25, -0.2) is 8.42 Å². The monoisotopic (exact) mass is 456 g/mol. The predicted molar refractivity (Wildman–Crippen MR) is 124 cm³/mol. The maximum Gasteiger partial charge on any atom is 0.257 e. The Bertz CT molecular complexity index is 1070. The summed E-state index contributed by atoms with van der Waals surface area (Å²) >= 11 is 0. The van der Waals surface area contributed by atoms with Crippen molar-refractivity contribution < 1.29 is 17.9 Å². The Labute approximate surface area is 191 Å². The van der Waals surface area contributed by atoms with Gasteiger partial charge in [0, 0.05) is 20.1 Å². The first-order chi connectivity index (χ1) is 15.4. The van der Waals surface area contributed by atoms with Crippen molar-refractivity contribution >= 4 is 15.9 Å². The molecule has 6 nitrogen and oxygen atoms in total. The highest BCUT2D eigenvalue weighted by molar-refractivity contribution is 7.89. The number of hydrogen-bond donors (Lipinski definition) is 0. The lowest BCUT2D eigenvalue weighted by molar-refractivity contribution is 0.0658. The molecule has 172 valence electrons. The summed E-state index contributed by atoms with van der Waals surface area (Å²) in [4.78, 5) is 15.1. The van der Waals surface area contributed by atoms with E-state index < -0.39 is 10.0 Å². The first-order valence-electron chi connectivity index (χ1n) is 11.5. The fraction of sp³-hybridized carbons (Fsp3) is 0.480. The summed E-state index contributed by atoms with van der Waals surface area (Å²) in [5.74, 6) is 0.480. The van der Waals surface area contributed by atoms with Crippen molar-refractivity contribution in [3.05, 3.63) is 59.7 Å². The Kier molecular flexibility index (Phi) is 6.86. The van der Waals surface area contributed by atoms with E-state index in [-0.39, 0.29) is 18.1 Å². The normalized spacial score (nSPS) is 23.3. The minimum atomic E-state index is -3.68. The Morgan fingerprint density at radius 3 is 2.41 bits per heavy atom. The zero-order valence-electron chi connectivity index (χ0n) is 18.9. The molecule has 1 amide bonds. The SMILES string of the molecule is Cc1ccccc1S(=O)(=O)N1CCCCN(C)C(=O)c2ccccc2O[C@H]2CCCC[C@H]21. The lowest BCUT2D eigenvalue weighted by Crippen LogP contribution is -2.51. The van der Waals surface area contributed by atoms with Crippen molar-refractivity contribution in [2.45, 2.75) is 62.5 Å². The zero-order chi connectivity index (χ0) is 22.7. The molecule has 0 bridgehead atoms. The van der Waals surface area contributed by atoms with Crippen LogP contribution in [0.2, 0.25) is 0 Å². The second kappa shape index (κ2) is 9.63. The smallest absolute Gasteiger partial charge is 0.257 e. The van der Waals surface area contributed by atoms with Gasteiger partial charge >= 0.3 is 0 Å². The molecule has 4 rings (SSSR count). The maximum absolute atomic E-state index is 13.8. The molecule has 32 heavy (non-hydrogen) atoms. The quantitative estimate of drug-likeness (QED) is 0.678. The van der Waals surface area contributed by atoms with Gasteiger partial charge in [-0.1, -0.05) is 36.8 Å². The number of sulfonamides is 1. The summed E-state index contributed by atoms with van der Waals surface area (Å²) < 4.78 is 35.8. The molecule has 2 atom stereocenters. The number of para-hydroxylation sites is 1. The van der Waals surface area contributed by atoms with Crippen LogP contribution in [-0.2, 0) is 10.0 Å². The van der Waals surface area contributed by atoms with Crippen molar-refractivity contribution in [1.29, 1.82) is 0 Å². The second-order valence-corrected chi connectivity index (χ2v) is 10.7. The summed E-state index contributed by atoms with van der Waals surface area (Å²) in [6, 6.07) is 14.2. The number of hydrogen-bond acceptors (Lipinski definition) is 4. The van der Waals surface area contributed by atoms with E-state index in [4.69, 9.17) is 4.74 Å². The molecule has 0 aromatic heterocycles. The molecule has 0 spiro atoms. The molecule has 0 radical (unpaired) electrons. The van der Waals surface area contributed by atoms with Crippen molar-refractivity contribution in [3.63, 3.8) is 0 Å². The van der Waals surface area contributed by atoms with Crippen molar-refractivity contribution in [2.75, 3.05) is 20.1 Å². The van der Waals surface area contributed by atoms with Gasteiger partial charge in [0.1, 0.15) is 11.9 Å². The highest BCUT2D eigenvalue weighted by Crippen LogP contribution is 2.33. The summed E-state index contributed by atoms with van der Waals surface area (Å²) in [6.45, 7) is 2.83. The van der Waals surface area contributed by atoms with Gasteiger partial charge in [0.2, 0.25) is 10.0 Å². The van der Waals surface area contributed by atoms with Gasteiger partial charge < -0.3 is 9.64 Å². The van der Waals surface area contributed by atoms with E-state index >= 15 is 0 Å². The van der Waals surface area contributed by atoms with Crippen LogP contribution in [0.4, 0.5) is 0 Å². The van der Waals surface area contributed by atoms with Crippen LogP contribution < -0.4 is 4.74 Å². The Morgan fingerprint density at radius 2 is 1.59 bits per heavy atom. The van der Waals surface area contributed by atoms with Crippen LogP contribution in [0.5, 0.6) is 5.75 Å². The van der Waals surface area contributed by atoms with E-state index in [0.717, 1.165) is 37.7 Å². The fourth-order valence-corrected chi connectivity index (χ4v) is 6.76. The topological polar surface area (TPSA) is 66.9 Å². The zero-order valence-corrected chi connectivity index (χ0v) is 19.7. The third-order valence-electron chi connectivity index (χ3n) is 6.58. The minimum Gasteiger partial charge on any atom is -0.488 e. The molecule has 1 fully saturated rings. The third kappa shape index (κ3) is 4.55. The molecule has 7 heteroatoms. The van der Waals surface area contributed by atoms with Crippen LogP contribution in [0, 0.1) is 6.92 Å². The number of fused-ring (bicyclic) bond motifs is 2. The van der Waals surface area contributed by atoms with Crippen LogP contribution in [0.15, 0.2) is 53.4 Å². The number of ether oxygens (including phenoxy) is 1. The predicted octanol–water partition coefficient (Wildman–Crippen LogP) is 4.24. The Hall–Kier alpha value is -2.38. The third-order valence-corrected chi connectivity index (χ3v) is 8.67. The largest absolute Gasteiger partial charge is 0.488 e. The lowest BCUT2D eigenvalue weighted by atomic mass is 9.92. The summed E-state index contributed by atoms with van der Waals surface area (Å²) in [6.07, 6.45) is 4.61. The minimum absolute atomic E-state index is 0.0575. The van der Waals surface area contributed by atoms with Gasteiger partial charge in [0.05, 0.1) is 16.5 Å². The number of carbonyl (C=O) groups excluding carboxylic acids is 1. The molecule has 2 aromatic rings. The molecule has 2 aromatic carbocycles. The Balaban J connectivity index is 1.76. The second-order valence-electron chi connectivity index (χ2n) is 8.82. The van der Waals surface area contributed by atoms with Crippen molar-refractivity contribution in [1.82, 2.24) is 9.21 Å². The van der Waals surface area contributed by atoms with E-state index in [9.17, 15) is 13.2 Å². The molecule has 1 saturated carbocycles. The van der Waals surface area contributed by atoms with Crippen molar-refractivity contribution in [2.24, 2.45) is 0 Å². The standard InChI is InChI=1S/C25H32N2O4S/c1-19-11-3-8-16-24(19)32(29,30)27-18-10-9-17-26(2)25(28)20-12-4-6-14-22(20)31-23-15-7-5-13-21(23)27/h3-4,6,8,11-12,14,16,21,23H,5,7,9-10,13,15,17-18H2,1-2H3/t21-,23+/m1/s1. The van der Waals surface area contributed by atoms with Gasteiger partial charge in [-0.3, -0.25) is 4.79 Å². The average molecular weight is 457 g/mol. The molecule has 1 aliphatic carbocycles. The Morgan fingerprint density at radius 1 is 0.906 bits per heavy atom. The molecule has 0 unspecified atom stereocenters. The molecule has 1 heterocycles. The molecule has 1 aliphatic heterocycles. The van der Waals surface area contributed by atoms with Crippen LogP contribution >= 0.6 is 0 Å². The lowest BCUT2D eigenvalue weighted by Gasteiger charge is -2.40. The molecular formula is C25H32N2O4S. The first kappa shape index (κ1) is 22.8. The fourth-order valence-electron chi connectivity index (χ4n) is 4.81. The number of rotatable bonds is 2. The van der Waals surface area contributed by atoms with Crippen molar-refractivity contribution in [3.8, 4) is 5.75 Å². The van der Waals surface area contributed by atoms with Gasteiger partial charge in [-0.2, -0.15) is 4.31 Å². The highest BCUT2D eigenvalue weighted by atomic mass is 32.2. The first-order valence-corrected chi connectivity index (χ1v) is 12.9. The van der Waals surface area contributed by atoms with E-state index in [2.05, 4.69) is 0 Å². The molecule has 0 N–H and O–H groups in total. The summed E-state index contributed by atoms with van der Waals surface area (Å²) in [7, 11) is -1.89. The number of carbonyl (C=O) groups is 1. The summed E-state index contributed by atoms with van der Waals surface area (Å²) in [5.41, 5.74) is 1.29. The average Bonchev–Trinajstić information content (AvgIpc) is 2.79. The van der Waals surface area contributed by atoms with E-state index in [1.54, 1.807) is 34.5 Å². The molecular weight excluding hydrogens is 424 g/mol. The van der Waals surface area contributed by atoms with Gasteiger partial charge in [0.15, 0.2) is 0 Å². The van der Waals surface area contributed by atoms with Gasteiger partial charge in [-0.15, -0.1) is 0 Å². The van der Waals surface area contributed by atoms with E-state index in [1.807, 2.05) is 37.3 Å². The van der Waals surface area contributed by atoms with Gasteiger partial charge in [0.25, 0.3) is 5.91 Å². The number of amides is 1. The van der Waals surface area contributed by atoms with Crippen LogP contribution in [-0.4, -0.2) is 55.8 Å². The van der Waals surface area contributed by atoms with Crippen LogP contribution in [0.3, 0.4) is 0 Å². The van der Waals surface area contributed by atoms with Crippen LogP contribution in [0.1, 0.15) is 54.4 Å².